The highest BCUT2D eigenvalue weighted by molar-refractivity contribution is 9.10. The Morgan fingerprint density at radius 2 is 1.94 bits per heavy atom. The van der Waals surface area contributed by atoms with Crippen molar-refractivity contribution in [2.24, 2.45) is 0 Å². The van der Waals surface area contributed by atoms with Gasteiger partial charge in [0, 0.05) is 15.7 Å². The maximum Gasteiger partial charge on any atom is 0.336 e. The van der Waals surface area contributed by atoms with Crippen LogP contribution in [0.2, 0.25) is 0 Å². The predicted molar refractivity (Wildman–Crippen MR) is 69.2 cm³/mol. The van der Waals surface area contributed by atoms with Crippen molar-refractivity contribution in [2.75, 3.05) is 5.32 Å². The fourth-order valence-electron chi connectivity index (χ4n) is 1.38. The number of anilines is 1. The zero-order valence-corrected chi connectivity index (χ0v) is 11.5. The maximum atomic E-state index is 10.9. The fraction of sp³-hybridized carbons (Fsp3) is 0.417. The standard InChI is InChI=1S/C12H16BrNO2/c1-7-5-8(11(15)16)9(13)6-10(7)14-12(2,3)4/h5-6,14H,1-4H3,(H,15,16). The average molecular weight is 286 g/mol. The number of nitrogens with one attached hydrogen (secondary N) is 1. The van der Waals surface area contributed by atoms with Crippen LogP contribution < -0.4 is 5.32 Å². The van der Waals surface area contributed by atoms with Crippen LogP contribution in [0.15, 0.2) is 16.6 Å². The van der Waals surface area contributed by atoms with Crippen molar-refractivity contribution in [1.82, 2.24) is 0 Å². The largest absolute Gasteiger partial charge is 0.478 e. The van der Waals surface area contributed by atoms with E-state index in [2.05, 4.69) is 42.0 Å². The molecule has 0 fully saturated rings. The molecule has 0 amide bonds. The highest BCUT2D eigenvalue weighted by Crippen LogP contribution is 2.27. The lowest BCUT2D eigenvalue weighted by Gasteiger charge is -2.24. The number of hydrogen-bond acceptors (Lipinski definition) is 2. The Balaban J connectivity index is 3.16. The Kier molecular flexibility index (Phi) is 3.63. The molecule has 0 radical (unpaired) electrons. The summed E-state index contributed by atoms with van der Waals surface area (Å²) in [4.78, 5) is 10.9. The number of carbonyl (C=O) groups is 1. The molecule has 1 rings (SSSR count). The Bertz CT molecular complexity index is 422. The van der Waals surface area contributed by atoms with Crippen molar-refractivity contribution in [3.63, 3.8) is 0 Å². The van der Waals surface area contributed by atoms with E-state index in [0.717, 1.165) is 11.3 Å². The molecule has 4 heteroatoms. The lowest BCUT2D eigenvalue weighted by molar-refractivity contribution is 0.0696. The summed E-state index contributed by atoms with van der Waals surface area (Å²) in [5.74, 6) is -0.919. The van der Waals surface area contributed by atoms with Crippen LogP contribution >= 0.6 is 15.9 Å². The molecule has 1 aromatic rings. The number of carboxylic acids is 1. The van der Waals surface area contributed by atoms with Gasteiger partial charge in [-0.25, -0.2) is 4.79 Å². The van der Waals surface area contributed by atoms with Gasteiger partial charge in [0.05, 0.1) is 5.56 Å². The van der Waals surface area contributed by atoms with Crippen LogP contribution in [0.4, 0.5) is 5.69 Å². The lowest BCUT2D eigenvalue weighted by Crippen LogP contribution is -2.26. The normalized spacial score (nSPS) is 11.3. The molecule has 1 aromatic carbocycles. The van der Waals surface area contributed by atoms with E-state index in [4.69, 9.17) is 5.11 Å². The first kappa shape index (κ1) is 13.0. The Morgan fingerprint density at radius 1 is 1.38 bits per heavy atom. The molecular formula is C12H16BrNO2. The molecular weight excluding hydrogens is 270 g/mol. The Hall–Kier alpha value is -1.03. The van der Waals surface area contributed by atoms with Gasteiger partial charge in [-0.3, -0.25) is 0 Å². The summed E-state index contributed by atoms with van der Waals surface area (Å²) in [6.45, 7) is 8.08. The van der Waals surface area contributed by atoms with Gasteiger partial charge in [-0.15, -0.1) is 0 Å². The molecule has 0 aliphatic carbocycles. The van der Waals surface area contributed by atoms with E-state index in [1.54, 1.807) is 6.07 Å². The minimum atomic E-state index is -0.919. The molecule has 0 saturated heterocycles. The van der Waals surface area contributed by atoms with Gasteiger partial charge in [-0.1, -0.05) is 0 Å². The molecule has 2 N–H and O–H groups in total. The van der Waals surface area contributed by atoms with Crippen LogP contribution in [0.5, 0.6) is 0 Å². The SMILES string of the molecule is Cc1cc(C(=O)O)c(Br)cc1NC(C)(C)C. The van der Waals surface area contributed by atoms with Gasteiger partial charge in [-0.05, 0) is 61.3 Å². The van der Waals surface area contributed by atoms with Crippen LogP contribution in [0.3, 0.4) is 0 Å². The molecule has 0 bridgehead atoms. The Morgan fingerprint density at radius 3 is 2.38 bits per heavy atom. The number of hydrogen-bond donors (Lipinski definition) is 2. The first-order valence-corrected chi connectivity index (χ1v) is 5.81. The van der Waals surface area contributed by atoms with Gasteiger partial charge in [0.15, 0.2) is 0 Å². The van der Waals surface area contributed by atoms with E-state index in [1.807, 2.05) is 13.0 Å². The third-order valence-corrected chi connectivity index (χ3v) is 2.71. The number of aryl methyl sites for hydroxylation is 1. The van der Waals surface area contributed by atoms with Crippen LogP contribution in [-0.2, 0) is 0 Å². The van der Waals surface area contributed by atoms with Crippen LogP contribution in [-0.4, -0.2) is 16.6 Å². The molecule has 0 atom stereocenters. The van der Waals surface area contributed by atoms with E-state index < -0.39 is 5.97 Å². The topological polar surface area (TPSA) is 49.3 Å². The third kappa shape index (κ3) is 3.23. The summed E-state index contributed by atoms with van der Waals surface area (Å²) in [6, 6.07) is 3.48. The highest BCUT2D eigenvalue weighted by atomic mass is 79.9. The average Bonchev–Trinajstić information content (AvgIpc) is 2.07. The molecule has 0 aromatic heterocycles. The summed E-state index contributed by atoms with van der Waals surface area (Å²) < 4.78 is 0.595. The zero-order valence-electron chi connectivity index (χ0n) is 9.89. The lowest BCUT2D eigenvalue weighted by atomic mass is 10.1. The quantitative estimate of drug-likeness (QED) is 0.872. The minimum Gasteiger partial charge on any atom is -0.478 e. The molecule has 0 spiro atoms. The summed E-state index contributed by atoms with van der Waals surface area (Å²) >= 11 is 3.27. The minimum absolute atomic E-state index is 0.0467. The number of carboxylic acid groups (broad SMARTS) is 1. The summed E-state index contributed by atoms with van der Waals surface area (Å²) in [5.41, 5.74) is 2.12. The monoisotopic (exact) mass is 285 g/mol. The summed E-state index contributed by atoms with van der Waals surface area (Å²) in [6.07, 6.45) is 0. The molecule has 3 nitrogen and oxygen atoms in total. The van der Waals surface area contributed by atoms with Crippen molar-refractivity contribution in [3.05, 3.63) is 27.7 Å². The molecule has 0 heterocycles. The Labute approximate surface area is 104 Å². The molecule has 0 unspecified atom stereocenters. The van der Waals surface area contributed by atoms with Crippen molar-refractivity contribution in [2.45, 2.75) is 33.2 Å². The third-order valence-electron chi connectivity index (χ3n) is 2.05. The van der Waals surface area contributed by atoms with E-state index >= 15 is 0 Å². The van der Waals surface area contributed by atoms with Gasteiger partial charge in [0.2, 0.25) is 0 Å². The van der Waals surface area contributed by atoms with Gasteiger partial charge in [-0.2, -0.15) is 0 Å². The van der Waals surface area contributed by atoms with Crippen LogP contribution in [0, 0.1) is 6.92 Å². The molecule has 0 saturated carbocycles. The van der Waals surface area contributed by atoms with Crippen LogP contribution in [0.25, 0.3) is 0 Å². The molecule has 0 aliphatic heterocycles. The van der Waals surface area contributed by atoms with Gasteiger partial charge in [0.1, 0.15) is 0 Å². The van der Waals surface area contributed by atoms with E-state index in [1.165, 1.54) is 0 Å². The summed E-state index contributed by atoms with van der Waals surface area (Å²) in [5, 5.41) is 12.3. The highest BCUT2D eigenvalue weighted by Gasteiger charge is 2.15. The second-order valence-corrected chi connectivity index (χ2v) is 5.68. The fourth-order valence-corrected chi connectivity index (χ4v) is 1.90. The number of halogens is 1. The van der Waals surface area contributed by atoms with Crippen molar-refractivity contribution in [1.29, 1.82) is 0 Å². The van der Waals surface area contributed by atoms with Crippen molar-refractivity contribution >= 4 is 27.6 Å². The van der Waals surface area contributed by atoms with E-state index in [-0.39, 0.29) is 11.1 Å². The van der Waals surface area contributed by atoms with Gasteiger partial charge >= 0.3 is 5.97 Å². The van der Waals surface area contributed by atoms with Crippen molar-refractivity contribution < 1.29 is 9.90 Å². The van der Waals surface area contributed by atoms with Crippen molar-refractivity contribution in [3.8, 4) is 0 Å². The number of aromatic carboxylic acids is 1. The second-order valence-electron chi connectivity index (χ2n) is 4.83. The second kappa shape index (κ2) is 4.45. The maximum absolute atomic E-state index is 10.9. The smallest absolute Gasteiger partial charge is 0.336 e. The number of benzene rings is 1. The summed E-state index contributed by atoms with van der Waals surface area (Å²) in [7, 11) is 0. The first-order chi connectivity index (χ1) is 7.20. The predicted octanol–water partition coefficient (Wildman–Crippen LogP) is 3.67. The number of rotatable bonds is 2. The van der Waals surface area contributed by atoms with E-state index in [0.29, 0.717) is 4.47 Å². The van der Waals surface area contributed by atoms with Gasteiger partial charge < -0.3 is 10.4 Å². The molecule has 16 heavy (non-hydrogen) atoms. The van der Waals surface area contributed by atoms with Crippen LogP contribution in [0.1, 0.15) is 36.7 Å². The van der Waals surface area contributed by atoms with Gasteiger partial charge in [0.25, 0.3) is 0 Å². The van der Waals surface area contributed by atoms with E-state index in [9.17, 15) is 4.79 Å². The zero-order chi connectivity index (χ0) is 12.5. The molecule has 0 aliphatic rings. The molecule has 88 valence electrons. The first-order valence-electron chi connectivity index (χ1n) is 5.02.